The Morgan fingerprint density at radius 3 is 2.39 bits per heavy atom. The average molecular weight is 528 g/mol. The number of aromatic hydroxyl groups is 1. The molecule has 1 aliphatic heterocycles. The van der Waals surface area contributed by atoms with Crippen LogP contribution >= 0.6 is 23.2 Å². The second kappa shape index (κ2) is 10.1. The fourth-order valence-electron chi connectivity index (χ4n) is 4.22. The van der Waals surface area contributed by atoms with Crippen molar-refractivity contribution in [3.8, 4) is 17.2 Å². The first-order valence-electron chi connectivity index (χ1n) is 11.0. The number of nitrogens with zero attached hydrogens (tertiary/aromatic N) is 1. The summed E-state index contributed by atoms with van der Waals surface area (Å²) in [5.74, 6) is -1.87. The van der Waals surface area contributed by atoms with E-state index in [0.29, 0.717) is 26.9 Å². The molecule has 1 unspecified atom stereocenters. The van der Waals surface area contributed by atoms with Gasteiger partial charge >= 0.3 is 0 Å². The Morgan fingerprint density at radius 1 is 1.00 bits per heavy atom. The first-order valence-corrected chi connectivity index (χ1v) is 11.8. The summed E-state index contributed by atoms with van der Waals surface area (Å²) in [5, 5.41) is 22.3. The van der Waals surface area contributed by atoms with Crippen LogP contribution in [0.1, 0.15) is 29.7 Å². The maximum absolute atomic E-state index is 13.4. The van der Waals surface area contributed by atoms with Crippen molar-refractivity contribution in [1.82, 2.24) is 0 Å². The normalized spacial score (nSPS) is 16.9. The maximum Gasteiger partial charge on any atom is 0.300 e. The Labute approximate surface area is 218 Å². The number of ketones is 1. The Bertz CT molecular complexity index is 1400. The quantitative estimate of drug-likeness (QED) is 0.230. The topological polar surface area (TPSA) is 96.3 Å². The summed E-state index contributed by atoms with van der Waals surface area (Å²) in [6.45, 7) is 3.83. The molecule has 1 saturated heterocycles. The van der Waals surface area contributed by atoms with E-state index in [9.17, 15) is 19.8 Å². The summed E-state index contributed by atoms with van der Waals surface area (Å²) in [7, 11) is 1.42. The lowest BCUT2D eigenvalue weighted by Gasteiger charge is -2.27. The van der Waals surface area contributed by atoms with Crippen molar-refractivity contribution in [2.75, 3.05) is 18.6 Å². The molecule has 1 fully saturated rings. The molecule has 1 atom stereocenters. The van der Waals surface area contributed by atoms with Gasteiger partial charge in [0.15, 0.2) is 11.5 Å². The van der Waals surface area contributed by atoms with E-state index < -0.39 is 23.5 Å². The second-order valence-electron chi connectivity index (χ2n) is 8.10. The number of hydrogen-bond acceptors (Lipinski definition) is 6. The minimum atomic E-state index is -1.06. The highest BCUT2D eigenvalue weighted by molar-refractivity contribution is 6.52. The van der Waals surface area contributed by atoms with Crippen molar-refractivity contribution in [2.45, 2.75) is 19.9 Å². The molecule has 9 heteroatoms. The van der Waals surface area contributed by atoms with E-state index in [2.05, 4.69) is 0 Å². The molecule has 186 valence electrons. The Balaban J connectivity index is 2.04. The molecule has 7 nitrogen and oxygen atoms in total. The molecule has 2 N–H and O–H groups in total. The number of carbonyl (C=O) groups is 2. The van der Waals surface area contributed by atoms with Crippen molar-refractivity contribution in [3.63, 3.8) is 0 Å². The average Bonchev–Trinajstić information content (AvgIpc) is 3.12. The molecule has 4 rings (SSSR count). The number of hydrogen-bond donors (Lipinski definition) is 2. The van der Waals surface area contributed by atoms with Gasteiger partial charge in [0, 0.05) is 15.7 Å². The van der Waals surface area contributed by atoms with Crippen molar-refractivity contribution in [2.24, 2.45) is 0 Å². The SMILES string of the molecule is CCOc1cc(C2/C(=C(\O)c3cc(Cl)ccc3OC)C(=O)C(=O)N2c2cc(Cl)ccc2C)ccc1O. The molecular weight excluding hydrogens is 505 g/mol. The van der Waals surface area contributed by atoms with Gasteiger partial charge in [-0.15, -0.1) is 0 Å². The van der Waals surface area contributed by atoms with Gasteiger partial charge in [0.25, 0.3) is 11.7 Å². The molecule has 0 bridgehead atoms. The summed E-state index contributed by atoms with van der Waals surface area (Å²) in [5.41, 5.74) is 1.50. The zero-order valence-electron chi connectivity index (χ0n) is 19.7. The van der Waals surface area contributed by atoms with Gasteiger partial charge < -0.3 is 19.7 Å². The van der Waals surface area contributed by atoms with Gasteiger partial charge in [-0.25, -0.2) is 0 Å². The Kier molecular flexibility index (Phi) is 7.15. The van der Waals surface area contributed by atoms with E-state index in [4.69, 9.17) is 32.7 Å². The summed E-state index contributed by atoms with van der Waals surface area (Å²) in [6.07, 6.45) is 0. The number of Topliss-reactive ketones (excluding diaryl/α,β-unsaturated/α-hetero) is 1. The maximum atomic E-state index is 13.4. The van der Waals surface area contributed by atoms with E-state index in [1.807, 2.05) is 0 Å². The van der Waals surface area contributed by atoms with Gasteiger partial charge in [0.1, 0.15) is 11.5 Å². The lowest BCUT2D eigenvalue weighted by molar-refractivity contribution is -0.132. The molecule has 0 aromatic heterocycles. The number of ether oxygens (including phenoxy) is 2. The summed E-state index contributed by atoms with van der Waals surface area (Å²) in [6, 6.07) is 13.0. The van der Waals surface area contributed by atoms with Gasteiger partial charge in [-0.2, -0.15) is 0 Å². The number of phenols is 1. The molecule has 0 spiro atoms. The first kappa shape index (κ1) is 25.4. The highest BCUT2D eigenvalue weighted by atomic mass is 35.5. The Morgan fingerprint density at radius 2 is 1.69 bits per heavy atom. The van der Waals surface area contributed by atoms with Crippen molar-refractivity contribution in [1.29, 1.82) is 0 Å². The molecular formula is C27H23Cl2NO6. The molecule has 3 aromatic rings. The molecule has 0 radical (unpaired) electrons. The summed E-state index contributed by atoms with van der Waals surface area (Å²) < 4.78 is 10.9. The van der Waals surface area contributed by atoms with Crippen LogP contribution in [-0.2, 0) is 9.59 Å². The minimum Gasteiger partial charge on any atom is -0.507 e. The van der Waals surface area contributed by atoms with Crippen molar-refractivity contribution < 1.29 is 29.3 Å². The first-order chi connectivity index (χ1) is 17.2. The number of benzene rings is 3. The standard InChI is InChI=1S/C27H23Cl2NO6/c1-4-36-22-11-15(6-9-20(22)31)24-23(25(32)18-12-16(28)8-10-21(18)35-3)26(33)27(34)30(24)19-13-17(29)7-5-14(19)2/h5-13,24,31-32H,4H2,1-3H3/b25-23+. The van der Waals surface area contributed by atoms with Crippen LogP contribution in [0.5, 0.6) is 17.2 Å². The number of aryl methyl sites for hydroxylation is 1. The Hall–Kier alpha value is -3.68. The number of phenolic OH excluding ortho intramolecular Hbond substituents is 1. The number of anilines is 1. The monoisotopic (exact) mass is 527 g/mol. The fraction of sp³-hybridized carbons (Fsp3) is 0.185. The van der Waals surface area contributed by atoms with Crippen LogP contribution in [-0.4, -0.2) is 35.6 Å². The number of carbonyl (C=O) groups excluding carboxylic acids is 2. The van der Waals surface area contributed by atoms with Crippen LogP contribution in [0.4, 0.5) is 5.69 Å². The molecule has 36 heavy (non-hydrogen) atoms. The third-order valence-corrected chi connectivity index (χ3v) is 6.36. The number of halogens is 2. The molecule has 0 aliphatic carbocycles. The largest absolute Gasteiger partial charge is 0.507 e. The van der Waals surface area contributed by atoms with Crippen LogP contribution in [0, 0.1) is 6.92 Å². The lowest BCUT2D eigenvalue weighted by atomic mass is 9.94. The van der Waals surface area contributed by atoms with E-state index in [1.165, 1.54) is 30.2 Å². The van der Waals surface area contributed by atoms with E-state index >= 15 is 0 Å². The number of methoxy groups -OCH3 is 1. The van der Waals surface area contributed by atoms with Crippen molar-refractivity contribution >= 4 is 46.3 Å². The molecule has 1 amide bonds. The van der Waals surface area contributed by atoms with Gasteiger partial charge in [0.05, 0.1) is 30.9 Å². The molecule has 3 aromatic carbocycles. The van der Waals surface area contributed by atoms with Crippen LogP contribution < -0.4 is 14.4 Å². The van der Waals surface area contributed by atoms with E-state index in [1.54, 1.807) is 50.2 Å². The number of rotatable bonds is 6. The second-order valence-corrected chi connectivity index (χ2v) is 8.98. The number of aliphatic hydroxyl groups is 1. The fourth-order valence-corrected chi connectivity index (χ4v) is 4.56. The van der Waals surface area contributed by atoms with Crippen LogP contribution in [0.15, 0.2) is 60.2 Å². The predicted octanol–water partition coefficient (Wildman–Crippen LogP) is 6.04. The molecule has 1 aliphatic rings. The van der Waals surface area contributed by atoms with Crippen LogP contribution in [0.3, 0.4) is 0 Å². The zero-order chi connectivity index (χ0) is 26.1. The van der Waals surface area contributed by atoms with Crippen LogP contribution in [0.25, 0.3) is 5.76 Å². The highest BCUT2D eigenvalue weighted by Gasteiger charge is 2.48. The third kappa shape index (κ3) is 4.47. The minimum absolute atomic E-state index is 0.104. The third-order valence-electron chi connectivity index (χ3n) is 5.89. The van der Waals surface area contributed by atoms with Gasteiger partial charge in [-0.05, 0) is 67.4 Å². The molecule has 1 heterocycles. The molecule has 0 saturated carbocycles. The predicted molar refractivity (Wildman–Crippen MR) is 138 cm³/mol. The van der Waals surface area contributed by atoms with Gasteiger partial charge in [0.2, 0.25) is 0 Å². The number of aliphatic hydroxyl groups excluding tert-OH is 1. The van der Waals surface area contributed by atoms with Gasteiger partial charge in [-0.1, -0.05) is 35.3 Å². The zero-order valence-corrected chi connectivity index (χ0v) is 21.2. The number of amides is 1. The highest BCUT2D eigenvalue weighted by Crippen LogP contribution is 2.46. The summed E-state index contributed by atoms with van der Waals surface area (Å²) >= 11 is 12.4. The lowest BCUT2D eigenvalue weighted by Crippen LogP contribution is -2.30. The smallest absolute Gasteiger partial charge is 0.300 e. The summed E-state index contributed by atoms with van der Waals surface area (Å²) in [4.78, 5) is 28.2. The van der Waals surface area contributed by atoms with Crippen molar-refractivity contribution in [3.05, 3.63) is 86.9 Å². The van der Waals surface area contributed by atoms with Crippen LogP contribution in [0.2, 0.25) is 10.0 Å². The van der Waals surface area contributed by atoms with E-state index in [-0.39, 0.29) is 35.0 Å². The van der Waals surface area contributed by atoms with Gasteiger partial charge in [-0.3, -0.25) is 14.5 Å². The van der Waals surface area contributed by atoms with E-state index in [0.717, 1.165) is 0 Å².